The minimum absolute atomic E-state index is 0.203. The molecule has 0 saturated heterocycles. The van der Waals surface area contributed by atoms with Crippen molar-refractivity contribution in [2.24, 2.45) is 51.2 Å². The maximum atomic E-state index is 11.1. The molecule has 1 nitrogen and oxygen atoms in total. The van der Waals surface area contributed by atoms with Gasteiger partial charge in [0.05, 0.1) is 5.60 Å². The summed E-state index contributed by atoms with van der Waals surface area (Å²) in [4.78, 5) is 0. The van der Waals surface area contributed by atoms with E-state index in [9.17, 15) is 5.11 Å². The molecule has 3 aliphatic carbocycles. The van der Waals surface area contributed by atoms with Gasteiger partial charge in [-0.05, 0) is 65.1 Å². The predicted octanol–water partition coefficient (Wildman–Crippen LogP) is 4.98. The van der Waals surface area contributed by atoms with Crippen LogP contribution in [0.5, 0.6) is 0 Å². The highest BCUT2D eigenvalue weighted by Gasteiger charge is 2.87. The smallest absolute Gasteiger partial charge is 0.0628 e. The summed E-state index contributed by atoms with van der Waals surface area (Å²) in [7, 11) is 0. The Hall–Kier alpha value is -0.0400. The second-order valence-electron chi connectivity index (χ2n) is 10.4. The molecule has 122 valence electrons. The van der Waals surface area contributed by atoms with Crippen LogP contribution in [0.2, 0.25) is 0 Å². The molecule has 1 heteroatoms. The van der Waals surface area contributed by atoms with Gasteiger partial charge in [-0.1, -0.05) is 55.4 Å². The van der Waals surface area contributed by atoms with Crippen molar-refractivity contribution in [2.75, 3.05) is 0 Å². The molecule has 3 fully saturated rings. The van der Waals surface area contributed by atoms with E-state index in [1.807, 2.05) is 0 Å². The summed E-state index contributed by atoms with van der Waals surface area (Å²) in [6, 6.07) is 0. The largest absolute Gasteiger partial charge is 0.390 e. The molecule has 0 aliphatic heterocycles. The first-order valence-corrected chi connectivity index (χ1v) is 8.94. The third-order valence-electron chi connectivity index (χ3n) is 10.3. The van der Waals surface area contributed by atoms with Gasteiger partial charge in [0.15, 0.2) is 0 Å². The summed E-state index contributed by atoms with van der Waals surface area (Å²) in [5, 5.41) is 11.1. The Kier molecular flexibility index (Phi) is 2.68. The van der Waals surface area contributed by atoms with Gasteiger partial charge in [0.1, 0.15) is 0 Å². The van der Waals surface area contributed by atoms with E-state index in [2.05, 4.69) is 69.2 Å². The maximum Gasteiger partial charge on any atom is 0.0628 e. The lowest BCUT2D eigenvalue weighted by molar-refractivity contribution is -0.283. The highest BCUT2D eigenvalue weighted by Crippen LogP contribution is 2.90. The zero-order valence-electron chi connectivity index (χ0n) is 15.8. The van der Waals surface area contributed by atoms with Crippen LogP contribution >= 0.6 is 0 Å². The lowest BCUT2D eigenvalue weighted by Crippen LogP contribution is -2.71. The lowest BCUT2D eigenvalue weighted by atomic mass is 9.29. The Balaban J connectivity index is 2.33. The Labute approximate surface area is 131 Å². The van der Waals surface area contributed by atoms with E-state index < -0.39 is 5.60 Å². The monoisotopic (exact) mass is 292 g/mol. The van der Waals surface area contributed by atoms with Gasteiger partial charge in [-0.3, -0.25) is 0 Å². The molecule has 8 unspecified atom stereocenters. The minimum atomic E-state index is -0.595. The van der Waals surface area contributed by atoms with Crippen molar-refractivity contribution in [1.82, 2.24) is 0 Å². The zero-order valence-corrected chi connectivity index (χ0v) is 15.8. The normalized spacial score (nSPS) is 61.6. The minimum Gasteiger partial charge on any atom is -0.390 e. The second kappa shape index (κ2) is 3.55. The van der Waals surface area contributed by atoms with Crippen LogP contribution in [0.15, 0.2) is 0 Å². The molecular formula is C20H36O. The van der Waals surface area contributed by atoms with E-state index in [4.69, 9.17) is 0 Å². The standard InChI is InChI=1S/C20H36O/c1-11-12(2)19(9)15(16(4,5)21)14-13(3)18(11,8)20(14,10)17(19,6)7/h11-15,21H,1-10H3. The summed E-state index contributed by atoms with van der Waals surface area (Å²) in [6.07, 6.45) is 0. The SMILES string of the molecule is CC1C(C)C2(C)C(C)C3C(C(C)(C)O)C1(C)C(C)(C)C32C. The van der Waals surface area contributed by atoms with Gasteiger partial charge in [0.2, 0.25) is 0 Å². The third kappa shape index (κ3) is 1.15. The summed E-state index contributed by atoms with van der Waals surface area (Å²) in [5.41, 5.74) is 0.615. The summed E-state index contributed by atoms with van der Waals surface area (Å²) in [6.45, 7) is 24.1. The Morgan fingerprint density at radius 2 is 1.19 bits per heavy atom. The molecule has 21 heavy (non-hydrogen) atoms. The van der Waals surface area contributed by atoms with Gasteiger partial charge >= 0.3 is 0 Å². The van der Waals surface area contributed by atoms with Gasteiger partial charge in [0.25, 0.3) is 0 Å². The first kappa shape index (κ1) is 15.8. The molecule has 0 radical (unpaired) electrons. The van der Waals surface area contributed by atoms with Crippen molar-refractivity contribution in [2.45, 2.75) is 74.8 Å². The average Bonchev–Trinajstić information content (AvgIpc) is 2.43. The molecule has 0 aromatic heterocycles. The number of aliphatic hydroxyl groups is 1. The van der Waals surface area contributed by atoms with Crippen LogP contribution in [0.4, 0.5) is 0 Å². The van der Waals surface area contributed by atoms with Crippen LogP contribution in [-0.4, -0.2) is 10.7 Å². The molecule has 8 atom stereocenters. The summed E-state index contributed by atoms with van der Waals surface area (Å²) < 4.78 is 0. The summed E-state index contributed by atoms with van der Waals surface area (Å²) in [5.74, 6) is 3.12. The Bertz CT molecular complexity index is 487. The van der Waals surface area contributed by atoms with Crippen molar-refractivity contribution in [3.8, 4) is 0 Å². The van der Waals surface area contributed by atoms with Crippen molar-refractivity contribution in [3.63, 3.8) is 0 Å². The molecule has 0 heterocycles. The molecule has 0 spiro atoms. The summed E-state index contributed by atoms with van der Waals surface area (Å²) >= 11 is 0. The first-order valence-electron chi connectivity index (χ1n) is 8.94. The Morgan fingerprint density at radius 1 is 0.762 bits per heavy atom. The Morgan fingerprint density at radius 3 is 1.62 bits per heavy atom. The third-order valence-corrected chi connectivity index (χ3v) is 10.3. The zero-order chi connectivity index (χ0) is 16.4. The maximum absolute atomic E-state index is 11.1. The lowest BCUT2D eigenvalue weighted by Gasteiger charge is -2.75. The van der Waals surface area contributed by atoms with Crippen molar-refractivity contribution < 1.29 is 5.11 Å². The number of rotatable bonds is 1. The molecule has 3 aliphatic rings. The fourth-order valence-electron chi connectivity index (χ4n) is 8.59. The van der Waals surface area contributed by atoms with Crippen molar-refractivity contribution in [1.29, 1.82) is 0 Å². The average molecular weight is 293 g/mol. The van der Waals surface area contributed by atoms with E-state index in [1.165, 1.54) is 0 Å². The van der Waals surface area contributed by atoms with Gasteiger partial charge in [-0.15, -0.1) is 0 Å². The first-order chi connectivity index (χ1) is 9.21. The molecule has 0 aromatic rings. The van der Waals surface area contributed by atoms with Gasteiger partial charge in [0, 0.05) is 0 Å². The molecule has 0 aromatic carbocycles. The molecule has 3 saturated carbocycles. The molecular weight excluding hydrogens is 256 g/mol. The molecule has 3 rings (SSSR count). The van der Waals surface area contributed by atoms with Crippen molar-refractivity contribution >= 4 is 0 Å². The van der Waals surface area contributed by atoms with E-state index in [1.54, 1.807) is 0 Å². The van der Waals surface area contributed by atoms with Crippen LogP contribution in [-0.2, 0) is 0 Å². The van der Waals surface area contributed by atoms with Gasteiger partial charge in [-0.2, -0.15) is 0 Å². The highest BCUT2D eigenvalue weighted by atomic mass is 16.3. The van der Waals surface area contributed by atoms with Crippen LogP contribution in [0.1, 0.15) is 69.2 Å². The fourth-order valence-corrected chi connectivity index (χ4v) is 8.59. The topological polar surface area (TPSA) is 20.2 Å². The van der Waals surface area contributed by atoms with E-state index >= 15 is 0 Å². The van der Waals surface area contributed by atoms with E-state index in [0.717, 1.165) is 5.92 Å². The van der Waals surface area contributed by atoms with Crippen LogP contribution < -0.4 is 0 Å². The van der Waals surface area contributed by atoms with Gasteiger partial charge in [-0.25, -0.2) is 0 Å². The van der Waals surface area contributed by atoms with Crippen LogP contribution in [0.25, 0.3) is 0 Å². The molecule has 0 amide bonds. The van der Waals surface area contributed by atoms with Crippen molar-refractivity contribution in [3.05, 3.63) is 0 Å². The van der Waals surface area contributed by atoms with Crippen LogP contribution in [0, 0.1) is 51.2 Å². The molecule has 2 bridgehead atoms. The second-order valence-corrected chi connectivity index (χ2v) is 10.4. The van der Waals surface area contributed by atoms with E-state index in [-0.39, 0.29) is 10.8 Å². The fraction of sp³-hybridized carbons (Fsp3) is 1.00. The number of hydrogen-bond acceptors (Lipinski definition) is 1. The highest BCUT2D eigenvalue weighted by molar-refractivity contribution is 5.34. The van der Waals surface area contributed by atoms with E-state index in [0.29, 0.717) is 34.5 Å². The quantitative estimate of drug-likeness (QED) is 0.722. The predicted molar refractivity (Wildman–Crippen MR) is 88.9 cm³/mol. The molecule has 1 N–H and O–H groups in total. The van der Waals surface area contributed by atoms with Gasteiger partial charge < -0.3 is 5.11 Å². The number of hydrogen-bond donors (Lipinski definition) is 1. The number of fused-ring (bicyclic) bond motifs is 1. The van der Waals surface area contributed by atoms with Crippen LogP contribution in [0.3, 0.4) is 0 Å².